The van der Waals surface area contributed by atoms with Crippen LogP contribution < -0.4 is 15.4 Å². The first-order valence-electron chi connectivity index (χ1n) is 8.44. The number of benzene rings is 2. The number of amides is 2. The molecule has 2 aromatic carbocycles. The molecule has 0 radical (unpaired) electrons. The van der Waals surface area contributed by atoms with Gasteiger partial charge in [0.25, 0.3) is 21.8 Å². The van der Waals surface area contributed by atoms with Crippen molar-refractivity contribution in [3.05, 3.63) is 53.1 Å². The van der Waals surface area contributed by atoms with Gasteiger partial charge in [0.15, 0.2) is 0 Å². The molecule has 2 amide bonds. The molecule has 0 saturated heterocycles. The van der Waals surface area contributed by atoms with Gasteiger partial charge in [0.2, 0.25) is 5.60 Å². The first-order chi connectivity index (χ1) is 14.2. The third kappa shape index (κ3) is 5.46. The summed E-state index contributed by atoms with van der Waals surface area (Å²) in [5.41, 5.74) is -3.56. The van der Waals surface area contributed by atoms with Crippen molar-refractivity contribution >= 4 is 44.8 Å². The van der Waals surface area contributed by atoms with Gasteiger partial charge in [-0.05, 0) is 49.4 Å². The molecule has 13 heteroatoms. The number of halogens is 4. The molecule has 0 saturated carbocycles. The Morgan fingerprint density at radius 3 is 2.13 bits per heavy atom. The van der Waals surface area contributed by atoms with Gasteiger partial charge >= 0.3 is 6.18 Å². The number of anilines is 2. The van der Waals surface area contributed by atoms with E-state index in [0.717, 1.165) is 18.2 Å². The van der Waals surface area contributed by atoms with Crippen LogP contribution >= 0.6 is 11.6 Å². The van der Waals surface area contributed by atoms with Gasteiger partial charge in [-0.2, -0.15) is 13.2 Å². The van der Waals surface area contributed by atoms with E-state index in [1.54, 1.807) is 0 Å². The highest BCUT2D eigenvalue weighted by atomic mass is 35.5. The quantitative estimate of drug-likeness (QED) is 0.507. The fourth-order valence-corrected chi connectivity index (χ4v) is 3.56. The third-order valence-electron chi connectivity index (χ3n) is 4.12. The van der Waals surface area contributed by atoms with Gasteiger partial charge in [0.1, 0.15) is 0 Å². The summed E-state index contributed by atoms with van der Waals surface area (Å²) in [7, 11) is -2.71. The monoisotopic (exact) mass is 479 g/mol. The van der Waals surface area contributed by atoms with Crippen LogP contribution in [0, 0.1) is 0 Å². The molecule has 2 rings (SSSR count). The Morgan fingerprint density at radius 1 is 1.06 bits per heavy atom. The Morgan fingerprint density at radius 2 is 1.65 bits per heavy atom. The van der Waals surface area contributed by atoms with Gasteiger partial charge in [-0.25, -0.2) is 8.42 Å². The number of aliphatic hydroxyl groups is 1. The molecule has 1 unspecified atom stereocenters. The minimum Gasteiger partial charge on any atom is -0.373 e. The number of rotatable bonds is 6. The maximum absolute atomic E-state index is 12.8. The van der Waals surface area contributed by atoms with E-state index < -0.39 is 27.7 Å². The molecule has 0 aliphatic rings. The van der Waals surface area contributed by atoms with E-state index in [4.69, 9.17) is 11.6 Å². The van der Waals surface area contributed by atoms with Crippen LogP contribution in [0.2, 0.25) is 5.02 Å². The standard InChI is InChI=1S/C18H17ClF3N3O5S/c1-17(28,18(20,21)22)16(27)24-14-8-7-12(9-13(14)19)31(29,30)25-11-5-3-10(4-6-11)15(26)23-2/h3-9,25,28H,1-2H3,(H,23,26)(H,24,27). The van der Waals surface area contributed by atoms with Crippen molar-refractivity contribution in [3.8, 4) is 0 Å². The molecule has 0 aromatic heterocycles. The largest absolute Gasteiger partial charge is 0.426 e. The first-order valence-corrected chi connectivity index (χ1v) is 10.3. The lowest BCUT2D eigenvalue weighted by atomic mass is 10.1. The van der Waals surface area contributed by atoms with E-state index in [1.165, 1.54) is 31.3 Å². The topological polar surface area (TPSA) is 125 Å². The highest BCUT2D eigenvalue weighted by molar-refractivity contribution is 7.92. The van der Waals surface area contributed by atoms with Crippen LogP contribution in [0.15, 0.2) is 47.4 Å². The Kier molecular flexibility index (Phi) is 6.88. The van der Waals surface area contributed by atoms with Crippen LogP contribution in [0.25, 0.3) is 0 Å². The first kappa shape index (κ1) is 24.4. The number of sulfonamides is 1. The predicted octanol–water partition coefficient (Wildman–Crippen LogP) is 2.75. The van der Waals surface area contributed by atoms with E-state index in [2.05, 4.69) is 10.0 Å². The molecule has 2 aromatic rings. The zero-order valence-corrected chi connectivity index (χ0v) is 17.6. The second-order valence-electron chi connectivity index (χ2n) is 6.43. The lowest BCUT2D eigenvalue weighted by Crippen LogP contribution is -2.52. The van der Waals surface area contributed by atoms with Crippen LogP contribution in [0.1, 0.15) is 17.3 Å². The normalized spacial score (nSPS) is 13.8. The number of hydrogen-bond donors (Lipinski definition) is 4. The summed E-state index contributed by atoms with van der Waals surface area (Å²) in [6, 6.07) is 8.42. The van der Waals surface area contributed by atoms with Gasteiger partial charge in [-0.1, -0.05) is 11.6 Å². The second-order valence-corrected chi connectivity index (χ2v) is 8.52. The minimum absolute atomic E-state index is 0.141. The summed E-state index contributed by atoms with van der Waals surface area (Å²) in [5, 5.41) is 13.2. The molecular weight excluding hydrogens is 463 g/mol. The molecule has 0 heterocycles. The molecule has 0 fully saturated rings. The van der Waals surface area contributed by atoms with Crippen molar-refractivity contribution in [2.24, 2.45) is 0 Å². The van der Waals surface area contributed by atoms with Crippen LogP contribution in [0.5, 0.6) is 0 Å². The number of carbonyl (C=O) groups excluding carboxylic acids is 2. The van der Waals surface area contributed by atoms with Crippen molar-refractivity contribution in [3.63, 3.8) is 0 Å². The summed E-state index contributed by atoms with van der Waals surface area (Å²) in [5.74, 6) is -2.14. The van der Waals surface area contributed by atoms with E-state index in [-0.39, 0.29) is 34.1 Å². The van der Waals surface area contributed by atoms with Crippen molar-refractivity contribution in [2.75, 3.05) is 17.1 Å². The van der Waals surface area contributed by atoms with Crippen LogP contribution in [-0.2, 0) is 14.8 Å². The average molecular weight is 480 g/mol. The van der Waals surface area contributed by atoms with Gasteiger partial charge in [0, 0.05) is 18.3 Å². The molecular formula is C18H17ClF3N3O5S. The maximum Gasteiger partial charge on any atom is 0.426 e. The van der Waals surface area contributed by atoms with E-state index >= 15 is 0 Å². The molecule has 0 bridgehead atoms. The van der Waals surface area contributed by atoms with Crippen molar-refractivity contribution in [1.82, 2.24) is 5.32 Å². The average Bonchev–Trinajstić information content (AvgIpc) is 2.68. The van der Waals surface area contributed by atoms with E-state index in [9.17, 15) is 36.3 Å². The number of carbonyl (C=O) groups is 2. The molecule has 31 heavy (non-hydrogen) atoms. The Labute approximate surface area is 180 Å². The zero-order valence-electron chi connectivity index (χ0n) is 16.0. The van der Waals surface area contributed by atoms with Crippen molar-refractivity contribution in [2.45, 2.75) is 23.6 Å². The molecule has 8 nitrogen and oxygen atoms in total. The molecule has 0 aliphatic carbocycles. The lowest BCUT2D eigenvalue weighted by Gasteiger charge is -2.25. The van der Waals surface area contributed by atoms with Gasteiger partial charge in [-0.15, -0.1) is 0 Å². The van der Waals surface area contributed by atoms with Gasteiger partial charge in [-0.3, -0.25) is 14.3 Å². The molecule has 0 aliphatic heterocycles. The third-order valence-corrected chi connectivity index (χ3v) is 5.81. The summed E-state index contributed by atoms with van der Waals surface area (Å²) >= 11 is 5.90. The summed E-state index contributed by atoms with van der Waals surface area (Å²) in [6.07, 6.45) is -5.23. The molecule has 4 N–H and O–H groups in total. The highest BCUT2D eigenvalue weighted by Crippen LogP contribution is 2.33. The molecule has 0 spiro atoms. The van der Waals surface area contributed by atoms with Gasteiger partial charge in [0.05, 0.1) is 15.6 Å². The van der Waals surface area contributed by atoms with Crippen LogP contribution in [0.4, 0.5) is 24.5 Å². The predicted molar refractivity (Wildman–Crippen MR) is 107 cm³/mol. The van der Waals surface area contributed by atoms with Gasteiger partial charge < -0.3 is 15.7 Å². The maximum atomic E-state index is 12.8. The van der Waals surface area contributed by atoms with E-state index in [1.807, 2.05) is 5.32 Å². The summed E-state index contributed by atoms with van der Waals surface area (Å²) in [4.78, 5) is 22.9. The fourth-order valence-electron chi connectivity index (χ4n) is 2.19. The SMILES string of the molecule is CNC(=O)c1ccc(NS(=O)(=O)c2ccc(NC(=O)C(C)(O)C(F)(F)F)c(Cl)c2)cc1. The van der Waals surface area contributed by atoms with E-state index in [0.29, 0.717) is 5.56 Å². The van der Waals surface area contributed by atoms with Crippen molar-refractivity contribution in [1.29, 1.82) is 0 Å². The zero-order chi connectivity index (χ0) is 23.6. The molecule has 168 valence electrons. The smallest absolute Gasteiger partial charge is 0.373 e. The highest BCUT2D eigenvalue weighted by Gasteiger charge is 2.55. The minimum atomic E-state index is -5.23. The number of hydrogen-bond acceptors (Lipinski definition) is 5. The molecule has 1 atom stereocenters. The summed E-state index contributed by atoms with van der Waals surface area (Å²) < 4.78 is 65.6. The summed E-state index contributed by atoms with van der Waals surface area (Å²) in [6.45, 7) is 0.272. The number of alkyl halides is 3. The number of nitrogens with one attached hydrogen (secondary N) is 3. The van der Waals surface area contributed by atoms with Crippen LogP contribution in [0.3, 0.4) is 0 Å². The fraction of sp³-hybridized carbons (Fsp3) is 0.222. The Hall–Kier alpha value is -2.83. The van der Waals surface area contributed by atoms with Crippen molar-refractivity contribution < 1.29 is 36.3 Å². The Bertz CT molecular complexity index is 1100. The Balaban J connectivity index is 2.21. The van der Waals surface area contributed by atoms with Crippen LogP contribution in [-0.4, -0.2) is 44.2 Å². The lowest BCUT2D eigenvalue weighted by molar-refractivity contribution is -0.242. The second kappa shape index (κ2) is 8.73.